The summed E-state index contributed by atoms with van der Waals surface area (Å²) in [6.45, 7) is 4.00. The molecule has 1 aliphatic heterocycles. The Morgan fingerprint density at radius 2 is 2.00 bits per heavy atom. The third kappa shape index (κ3) is 4.50. The van der Waals surface area contributed by atoms with E-state index in [0.29, 0.717) is 31.5 Å². The molecule has 0 spiro atoms. The fourth-order valence-electron chi connectivity index (χ4n) is 3.00. The lowest BCUT2D eigenvalue weighted by atomic mass is 9.94. The van der Waals surface area contributed by atoms with Crippen LogP contribution in [0.1, 0.15) is 43.0 Å². The minimum atomic E-state index is -0.176. The first-order valence-corrected chi connectivity index (χ1v) is 9.26. The van der Waals surface area contributed by atoms with Gasteiger partial charge in [-0.05, 0) is 37.5 Å². The second-order valence-electron chi connectivity index (χ2n) is 6.34. The third-order valence-corrected chi connectivity index (χ3v) is 5.04. The Labute approximate surface area is 151 Å². The Bertz CT molecular complexity index is 598. The molecular weight excluding hydrogens is 372 g/mol. The number of hydrogen-bond acceptors (Lipinski definition) is 3. The summed E-state index contributed by atoms with van der Waals surface area (Å²) in [4.78, 5) is 28.5. The van der Waals surface area contributed by atoms with Crippen LogP contribution in [0.2, 0.25) is 0 Å². The SMILES string of the molecule is CCCCN(C)C(=O)C1CCN(C(=O)c2ccc(Br)cc2O)CC1. The Morgan fingerprint density at radius 1 is 1.33 bits per heavy atom. The molecule has 132 valence electrons. The van der Waals surface area contributed by atoms with Crippen LogP contribution in [0, 0.1) is 5.92 Å². The van der Waals surface area contributed by atoms with Crippen LogP contribution in [-0.2, 0) is 4.79 Å². The van der Waals surface area contributed by atoms with Crippen LogP contribution < -0.4 is 0 Å². The summed E-state index contributed by atoms with van der Waals surface area (Å²) in [5.41, 5.74) is 0.308. The van der Waals surface area contributed by atoms with Crippen molar-refractivity contribution < 1.29 is 14.7 Å². The zero-order chi connectivity index (χ0) is 17.7. The summed E-state index contributed by atoms with van der Waals surface area (Å²) in [5, 5.41) is 9.95. The van der Waals surface area contributed by atoms with Crippen molar-refractivity contribution in [3.8, 4) is 5.75 Å². The third-order valence-electron chi connectivity index (χ3n) is 4.54. The molecule has 0 aromatic heterocycles. The second kappa shape index (κ2) is 8.51. The van der Waals surface area contributed by atoms with Gasteiger partial charge < -0.3 is 14.9 Å². The van der Waals surface area contributed by atoms with E-state index in [4.69, 9.17) is 0 Å². The highest BCUT2D eigenvalue weighted by Crippen LogP contribution is 2.26. The van der Waals surface area contributed by atoms with Crippen molar-refractivity contribution in [3.05, 3.63) is 28.2 Å². The predicted octanol–water partition coefficient (Wildman–Crippen LogP) is 3.27. The summed E-state index contributed by atoms with van der Waals surface area (Å²) < 4.78 is 0.732. The first kappa shape index (κ1) is 18.8. The molecule has 0 bridgehead atoms. The highest BCUT2D eigenvalue weighted by molar-refractivity contribution is 9.10. The van der Waals surface area contributed by atoms with Gasteiger partial charge in [-0.3, -0.25) is 9.59 Å². The molecule has 2 rings (SSSR count). The van der Waals surface area contributed by atoms with Gasteiger partial charge in [0.05, 0.1) is 5.56 Å². The maximum Gasteiger partial charge on any atom is 0.257 e. The van der Waals surface area contributed by atoms with E-state index in [1.165, 1.54) is 6.07 Å². The molecule has 1 N–H and O–H groups in total. The van der Waals surface area contributed by atoms with Crippen LogP contribution >= 0.6 is 15.9 Å². The number of carbonyl (C=O) groups is 2. The Kier molecular flexibility index (Phi) is 6.66. The van der Waals surface area contributed by atoms with Crippen LogP contribution in [0.5, 0.6) is 5.75 Å². The van der Waals surface area contributed by atoms with Crippen molar-refractivity contribution in [2.45, 2.75) is 32.6 Å². The average Bonchev–Trinajstić information content (AvgIpc) is 2.58. The fraction of sp³-hybridized carbons (Fsp3) is 0.556. The van der Waals surface area contributed by atoms with Gasteiger partial charge in [0, 0.05) is 37.1 Å². The minimum absolute atomic E-state index is 0.00517. The maximum atomic E-state index is 12.5. The molecule has 1 aromatic rings. The summed E-state index contributed by atoms with van der Waals surface area (Å²) in [5.74, 6) is -0.0198. The van der Waals surface area contributed by atoms with E-state index in [2.05, 4.69) is 22.9 Å². The van der Waals surface area contributed by atoms with Crippen LogP contribution in [0.4, 0.5) is 0 Å². The number of piperidine rings is 1. The standard InChI is InChI=1S/C18H25BrN2O3/c1-3-4-9-20(2)17(23)13-7-10-21(11-8-13)18(24)15-6-5-14(19)12-16(15)22/h5-6,12-13,22H,3-4,7-11H2,1-2H3. The summed E-state index contributed by atoms with van der Waals surface area (Å²) >= 11 is 3.27. The maximum absolute atomic E-state index is 12.5. The molecule has 0 saturated carbocycles. The van der Waals surface area contributed by atoms with Crippen LogP contribution in [0.3, 0.4) is 0 Å². The van der Waals surface area contributed by atoms with Gasteiger partial charge in [0.2, 0.25) is 5.91 Å². The molecular formula is C18H25BrN2O3. The predicted molar refractivity (Wildman–Crippen MR) is 97.0 cm³/mol. The number of amides is 2. The number of rotatable bonds is 5. The van der Waals surface area contributed by atoms with Gasteiger partial charge in [-0.25, -0.2) is 0 Å². The lowest BCUT2D eigenvalue weighted by Gasteiger charge is -2.33. The number of carbonyl (C=O) groups excluding carboxylic acids is 2. The molecule has 1 heterocycles. The molecule has 6 heteroatoms. The molecule has 0 unspecified atom stereocenters. The lowest BCUT2D eigenvalue weighted by molar-refractivity contribution is -0.135. The van der Waals surface area contributed by atoms with Gasteiger partial charge in [-0.2, -0.15) is 0 Å². The number of benzene rings is 1. The Morgan fingerprint density at radius 3 is 2.58 bits per heavy atom. The van der Waals surface area contributed by atoms with Crippen molar-refractivity contribution >= 4 is 27.7 Å². The summed E-state index contributed by atoms with van der Waals surface area (Å²) in [6, 6.07) is 4.88. The van der Waals surface area contributed by atoms with Gasteiger partial charge in [0.25, 0.3) is 5.91 Å². The molecule has 0 radical (unpaired) electrons. The normalized spacial score (nSPS) is 15.4. The quantitative estimate of drug-likeness (QED) is 0.830. The van der Waals surface area contributed by atoms with Gasteiger partial charge in [0.1, 0.15) is 5.75 Å². The van der Waals surface area contributed by atoms with Crippen molar-refractivity contribution in [2.24, 2.45) is 5.92 Å². The van der Waals surface area contributed by atoms with Crippen molar-refractivity contribution in [1.29, 1.82) is 0 Å². The number of halogens is 1. The first-order chi connectivity index (χ1) is 11.4. The molecule has 0 aliphatic carbocycles. The first-order valence-electron chi connectivity index (χ1n) is 8.46. The van der Waals surface area contributed by atoms with E-state index < -0.39 is 0 Å². The van der Waals surface area contributed by atoms with E-state index in [1.54, 1.807) is 17.0 Å². The molecule has 1 saturated heterocycles. The van der Waals surface area contributed by atoms with Gasteiger partial charge in [-0.15, -0.1) is 0 Å². The van der Waals surface area contributed by atoms with Crippen molar-refractivity contribution in [1.82, 2.24) is 9.80 Å². The van der Waals surface area contributed by atoms with Crippen LogP contribution in [0.15, 0.2) is 22.7 Å². The van der Waals surface area contributed by atoms with E-state index in [9.17, 15) is 14.7 Å². The highest BCUT2D eigenvalue weighted by Gasteiger charge is 2.30. The zero-order valence-corrected chi connectivity index (χ0v) is 15.9. The van der Waals surface area contributed by atoms with E-state index in [0.717, 1.165) is 23.9 Å². The van der Waals surface area contributed by atoms with E-state index in [-0.39, 0.29) is 23.5 Å². The number of likely N-dealkylation sites (tertiary alicyclic amines) is 1. The summed E-state index contributed by atoms with van der Waals surface area (Å²) in [6.07, 6.45) is 3.44. The average molecular weight is 397 g/mol. The molecule has 0 atom stereocenters. The smallest absolute Gasteiger partial charge is 0.257 e. The lowest BCUT2D eigenvalue weighted by Crippen LogP contribution is -2.43. The molecule has 1 fully saturated rings. The van der Waals surface area contributed by atoms with Crippen LogP contribution in [-0.4, -0.2) is 53.4 Å². The van der Waals surface area contributed by atoms with Crippen molar-refractivity contribution in [3.63, 3.8) is 0 Å². The molecule has 24 heavy (non-hydrogen) atoms. The number of aromatic hydroxyl groups is 1. The van der Waals surface area contributed by atoms with E-state index in [1.807, 2.05) is 11.9 Å². The van der Waals surface area contributed by atoms with Gasteiger partial charge in [-0.1, -0.05) is 29.3 Å². The molecule has 5 nitrogen and oxygen atoms in total. The second-order valence-corrected chi connectivity index (χ2v) is 7.26. The number of hydrogen-bond donors (Lipinski definition) is 1. The van der Waals surface area contributed by atoms with Gasteiger partial charge in [0.15, 0.2) is 0 Å². The van der Waals surface area contributed by atoms with Crippen LogP contribution in [0.25, 0.3) is 0 Å². The number of phenolic OH excluding ortho intramolecular Hbond substituents is 1. The monoisotopic (exact) mass is 396 g/mol. The highest BCUT2D eigenvalue weighted by atomic mass is 79.9. The van der Waals surface area contributed by atoms with Gasteiger partial charge >= 0.3 is 0 Å². The Hall–Kier alpha value is -1.56. The Balaban J connectivity index is 1.92. The number of unbranched alkanes of at least 4 members (excludes halogenated alkanes) is 1. The zero-order valence-electron chi connectivity index (χ0n) is 14.3. The minimum Gasteiger partial charge on any atom is -0.507 e. The number of phenols is 1. The molecule has 2 amide bonds. The molecule has 1 aromatic carbocycles. The largest absolute Gasteiger partial charge is 0.507 e. The fourth-order valence-corrected chi connectivity index (χ4v) is 3.35. The topological polar surface area (TPSA) is 60.9 Å². The summed E-state index contributed by atoms with van der Waals surface area (Å²) in [7, 11) is 1.86. The van der Waals surface area contributed by atoms with E-state index >= 15 is 0 Å². The number of nitrogens with zero attached hydrogens (tertiary/aromatic N) is 2. The van der Waals surface area contributed by atoms with Crippen molar-refractivity contribution in [2.75, 3.05) is 26.7 Å². The molecule has 1 aliphatic rings.